The van der Waals surface area contributed by atoms with Gasteiger partial charge in [0.25, 0.3) is 0 Å². The van der Waals surface area contributed by atoms with Crippen LogP contribution in [0.25, 0.3) is 0 Å². The molecule has 2 rings (SSSR count). The van der Waals surface area contributed by atoms with Crippen molar-refractivity contribution in [3.05, 3.63) is 57.1 Å². The summed E-state index contributed by atoms with van der Waals surface area (Å²) in [6.07, 6.45) is 0.742. The summed E-state index contributed by atoms with van der Waals surface area (Å²) >= 11 is 12.2. The number of aryl methyl sites for hydroxylation is 2. The van der Waals surface area contributed by atoms with E-state index < -0.39 is 0 Å². The van der Waals surface area contributed by atoms with Crippen molar-refractivity contribution >= 4 is 29.5 Å². The summed E-state index contributed by atoms with van der Waals surface area (Å²) in [6.45, 7) is 3.83. The van der Waals surface area contributed by atoms with Crippen LogP contribution in [0, 0.1) is 13.8 Å². The Hall–Kier alpha value is -1.51. The van der Waals surface area contributed by atoms with E-state index in [2.05, 4.69) is 0 Å². The zero-order chi connectivity index (χ0) is 14.0. The third-order valence-electron chi connectivity index (χ3n) is 2.73. The number of halogens is 2. The first-order chi connectivity index (χ1) is 9.01. The van der Waals surface area contributed by atoms with Gasteiger partial charge in [-0.2, -0.15) is 0 Å². The van der Waals surface area contributed by atoms with Gasteiger partial charge in [0.15, 0.2) is 0 Å². The van der Waals surface area contributed by atoms with Gasteiger partial charge in [0.05, 0.1) is 5.02 Å². The van der Waals surface area contributed by atoms with Crippen LogP contribution in [0.15, 0.2) is 30.3 Å². The number of hydrogen-bond acceptors (Lipinski definition) is 2. The van der Waals surface area contributed by atoms with Crippen molar-refractivity contribution in [3.8, 4) is 11.5 Å². The van der Waals surface area contributed by atoms with E-state index in [1.807, 2.05) is 26.0 Å². The van der Waals surface area contributed by atoms with Gasteiger partial charge in [0.2, 0.25) is 0 Å². The maximum atomic E-state index is 10.6. The highest BCUT2D eigenvalue weighted by Crippen LogP contribution is 2.33. The molecule has 0 aromatic heterocycles. The Kier molecular flexibility index (Phi) is 4.13. The average Bonchev–Trinajstić information content (AvgIpc) is 2.38. The number of hydrogen-bond donors (Lipinski definition) is 0. The fraction of sp³-hybridized carbons (Fsp3) is 0.133. The van der Waals surface area contributed by atoms with Gasteiger partial charge in [-0.05, 0) is 55.3 Å². The summed E-state index contributed by atoms with van der Waals surface area (Å²) in [5.74, 6) is 1.17. The summed E-state index contributed by atoms with van der Waals surface area (Å²) in [6, 6.07) is 8.59. The number of carbonyl (C=O) groups is 1. The molecule has 0 N–H and O–H groups in total. The van der Waals surface area contributed by atoms with E-state index in [1.165, 1.54) is 0 Å². The van der Waals surface area contributed by atoms with Gasteiger partial charge >= 0.3 is 0 Å². The minimum atomic E-state index is 0.398. The van der Waals surface area contributed by atoms with E-state index in [4.69, 9.17) is 27.9 Å². The van der Waals surface area contributed by atoms with E-state index in [0.717, 1.165) is 22.4 Å². The van der Waals surface area contributed by atoms with Crippen molar-refractivity contribution in [2.75, 3.05) is 0 Å². The van der Waals surface area contributed by atoms with Crippen molar-refractivity contribution < 1.29 is 9.53 Å². The van der Waals surface area contributed by atoms with Gasteiger partial charge in [-0.3, -0.25) is 4.79 Å². The quantitative estimate of drug-likeness (QED) is 0.726. The lowest BCUT2D eigenvalue weighted by atomic mass is 10.1. The Bertz CT molecular complexity index is 613. The molecule has 0 saturated heterocycles. The second-order valence-corrected chi connectivity index (χ2v) is 5.07. The van der Waals surface area contributed by atoms with Crippen molar-refractivity contribution in [3.63, 3.8) is 0 Å². The molecule has 98 valence electrons. The van der Waals surface area contributed by atoms with E-state index in [9.17, 15) is 4.79 Å². The van der Waals surface area contributed by atoms with Crippen LogP contribution in [0.4, 0.5) is 0 Å². The van der Waals surface area contributed by atoms with E-state index >= 15 is 0 Å². The lowest BCUT2D eigenvalue weighted by molar-refractivity contribution is 0.112. The molecule has 2 aromatic rings. The molecular weight excluding hydrogens is 283 g/mol. The first-order valence-electron chi connectivity index (χ1n) is 5.70. The molecule has 2 nitrogen and oxygen atoms in total. The molecule has 19 heavy (non-hydrogen) atoms. The molecule has 0 aliphatic carbocycles. The maximum absolute atomic E-state index is 10.6. The fourth-order valence-electron chi connectivity index (χ4n) is 1.77. The first-order valence-corrected chi connectivity index (χ1v) is 6.46. The van der Waals surface area contributed by atoms with Crippen LogP contribution < -0.4 is 4.74 Å². The lowest BCUT2D eigenvalue weighted by Crippen LogP contribution is -1.90. The normalized spacial score (nSPS) is 10.3. The molecule has 0 saturated carbocycles. The van der Waals surface area contributed by atoms with Crippen LogP contribution in [0.2, 0.25) is 10.0 Å². The predicted octanol–water partition coefficient (Wildman–Crippen LogP) is 5.22. The monoisotopic (exact) mass is 294 g/mol. The number of aldehydes is 1. The van der Waals surface area contributed by atoms with Gasteiger partial charge in [0, 0.05) is 10.6 Å². The Morgan fingerprint density at radius 2 is 1.68 bits per heavy atom. The minimum absolute atomic E-state index is 0.398. The number of benzene rings is 2. The lowest BCUT2D eigenvalue weighted by Gasteiger charge is -2.11. The second-order valence-electron chi connectivity index (χ2n) is 4.28. The van der Waals surface area contributed by atoms with Crippen LogP contribution >= 0.6 is 23.2 Å². The average molecular weight is 295 g/mol. The summed E-state index contributed by atoms with van der Waals surface area (Å²) in [5, 5.41) is 1.13. The van der Waals surface area contributed by atoms with Crippen molar-refractivity contribution in [2.24, 2.45) is 0 Å². The molecular formula is C15H12Cl2O2. The topological polar surface area (TPSA) is 26.3 Å². The first kappa shape index (κ1) is 13.9. The van der Waals surface area contributed by atoms with Crippen LogP contribution in [-0.4, -0.2) is 6.29 Å². The van der Waals surface area contributed by atoms with Crippen molar-refractivity contribution in [1.29, 1.82) is 0 Å². The zero-order valence-corrected chi connectivity index (χ0v) is 12.0. The fourth-order valence-corrected chi connectivity index (χ4v) is 2.10. The second kappa shape index (κ2) is 5.64. The van der Waals surface area contributed by atoms with Gasteiger partial charge in [0.1, 0.15) is 17.8 Å². The zero-order valence-electron chi connectivity index (χ0n) is 10.5. The van der Waals surface area contributed by atoms with Gasteiger partial charge < -0.3 is 4.74 Å². The molecule has 0 spiro atoms. The molecule has 0 amide bonds. The molecule has 4 heteroatoms. The molecule has 0 aliphatic heterocycles. The molecule has 0 atom stereocenters. The molecule has 0 bridgehead atoms. The van der Waals surface area contributed by atoms with Crippen LogP contribution in [0.3, 0.4) is 0 Å². The van der Waals surface area contributed by atoms with Gasteiger partial charge in [-0.25, -0.2) is 0 Å². The Labute approximate surface area is 121 Å². The van der Waals surface area contributed by atoms with Crippen LogP contribution in [-0.2, 0) is 0 Å². The minimum Gasteiger partial charge on any atom is -0.456 e. The van der Waals surface area contributed by atoms with Crippen molar-refractivity contribution in [1.82, 2.24) is 0 Å². The molecule has 0 aliphatic rings. The standard InChI is InChI=1S/C15H12Cl2O2/c1-9-5-12(6-10(2)15(9)17)19-14-4-3-11(8-18)7-13(14)16/h3-8H,1-2H3. The third kappa shape index (κ3) is 3.09. The number of rotatable bonds is 3. The predicted molar refractivity (Wildman–Crippen MR) is 77.8 cm³/mol. The summed E-state index contributed by atoms with van der Waals surface area (Å²) in [5.41, 5.74) is 2.40. The molecule has 0 radical (unpaired) electrons. The third-order valence-corrected chi connectivity index (χ3v) is 3.62. The van der Waals surface area contributed by atoms with Crippen LogP contribution in [0.1, 0.15) is 21.5 Å². The summed E-state index contributed by atoms with van der Waals surface area (Å²) in [7, 11) is 0. The Balaban J connectivity index is 2.33. The molecule has 0 heterocycles. The Morgan fingerprint density at radius 1 is 1.05 bits per heavy atom. The smallest absolute Gasteiger partial charge is 0.150 e. The van der Waals surface area contributed by atoms with Crippen molar-refractivity contribution in [2.45, 2.75) is 13.8 Å². The molecule has 0 fully saturated rings. The molecule has 2 aromatic carbocycles. The van der Waals surface area contributed by atoms with E-state index in [0.29, 0.717) is 22.1 Å². The maximum Gasteiger partial charge on any atom is 0.150 e. The largest absolute Gasteiger partial charge is 0.456 e. The summed E-state index contributed by atoms with van der Waals surface area (Å²) < 4.78 is 5.72. The highest BCUT2D eigenvalue weighted by Gasteiger charge is 2.07. The highest BCUT2D eigenvalue weighted by atomic mass is 35.5. The van der Waals surface area contributed by atoms with E-state index in [-0.39, 0.29) is 0 Å². The Morgan fingerprint density at radius 3 is 2.21 bits per heavy atom. The molecule has 0 unspecified atom stereocenters. The number of ether oxygens (including phenoxy) is 1. The van der Waals surface area contributed by atoms with Crippen LogP contribution in [0.5, 0.6) is 11.5 Å². The summed E-state index contributed by atoms with van der Waals surface area (Å²) in [4.78, 5) is 10.6. The van der Waals surface area contributed by atoms with Gasteiger partial charge in [-0.15, -0.1) is 0 Å². The highest BCUT2D eigenvalue weighted by molar-refractivity contribution is 6.32. The SMILES string of the molecule is Cc1cc(Oc2ccc(C=O)cc2Cl)cc(C)c1Cl. The number of carbonyl (C=O) groups excluding carboxylic acids is 1. The van der Waals surface area contributed by atoms with E-state index in [1.54, 1.807) is 18.2 Å². The van der Waals surface area contributed by atoms with Gasteiger partial charge in [-0.1, -0.05) is 23.2 Å².